The number of anilines is 1. The molecule has 0 aliphatic heterocycles. The number of benzene rings is 3. The molecule has 1 aliphatic carbocycles. The first-order chi connectivity index (χ1) is 19.7. The first-order valence-corrected chi connectivity index (χ1v) is 16.1. The van der Waals surface area contributed by atoms with Crippen molar-refractivity contribution in [2.45, 2.75) is 69.0 Å². The fourth-order valence-electron chi connectivity index (χ4n) is 5.13. The first kappa shape index (κ1) is 30.9. The third-order valence-electron chi connectivity index (χ3n) is 7.33. The highest BCUT2D eigenvalue weighted by Crippen LogP contribution is 2.31. The van der Waals surface area contributed by atoms with Crippen molar-refractivity contribution < 1.29 is 18.0 Å². The molecule has 2 amide bonds. The molecule has 0 radical (unpaired) electrons. The molecule has 1 fully saturated rings. The van der Waals surface area contributed by atoms with Crippen LogP contribution in [-0.2, 0) is 26.2 Å². The van der Waals surface area contributed by atoms with Crippen LogP contribution in [-0.4, -0.2) is 43.8 Å². The summed E-state index contributed by atoms with van der Waals surface area (Å²) in [6, 6.07) is 21.0. The van der Waals surface area contributed by atoms with E-state index < -0.39 is 28.5 Å². The molecular formula is C31H35Cl2N3O4S. The molecule has 1 aliphatic rings. The van der Waals surface area contributed by atoms with Gasteiger partial charge in [-0.05, 0) is 55.2 Å². The van der Waals surface area contributed by atoms with Crippen molar-refractivity contribution in [1.82, 2.24) is 10.2 Å². The van der Waals surface area contributed by atoms with Crippen molar-refractivity contribution in [3.63, 3.8) is 0 Å². The van der Waals surface area contributed by atoms with Gasteiger partial charge in [-0.3, -0.25) is 13.9 Å². The van der Waals surface area contributed by atoms with Crippen LogP contribution in [0, 0.1) is 0 Å². The van der Waals surface area contributed by atoms with E-state index in [1.807, 2.05) is 37.3 Å². The quantitative estimate of drug-likeness (QED) is 0.269. The number of amides is 2. The molecular weight excluding hydrogens is 581 g/mol. The fourth-order valence-corrected chi connectivity index (χ4v) is 6.85. The summed E-state index contributed by atoms with van der Waals surface area (Å²) in [5.74, 6) is -0.735. The molecule has 0 saturated heterocycles. The highest BCUT2D eigenvalue weighted by atomic mass is 35.5. The second-order valence-corrected chi connectivity index (χ2v) is 12.9. The van der Waals surface area contributed by atoms with E-state index in [2.05, 4.69) is 5.32 Å². The summed E-state index contributed by atoms with van der Waals surface area (Å²) in [7, 11) is -4.18. The number of nitrogens with one attached hydrogen (secondary N) is 1. The van der Waals surface area contributed by atoms with Crippen molar-refractivity contribution in [1.29, 1.82) is 0 Å². The summed E-state index contributed by atoms with van der Waals surface area (Å²) in [4.78, 5) is 29.2. The lowest BCUT2D eigenvalue weighted by molar-refractivity contribution is -0.140. The summed E-state index contributed by atoms with van der Waals surface area (Å²) in [5.41, 5.74) is 1.02. The Morgan fingerprint density at radius 1 is 0.902 bits per heavy atom. The average molecular weight is 617 g/mol. The van der Waals surface area contributed by atoms with Crippen LogP contribution in [0.2, 0.25) is 10.0 Å². The number of carbonyl (C=O) groups excluding carboxylic acids is 2. The molecule has 41 heavy (non-hydrogen) atoms. The van der Waals surface area contributed by atoms with Crippen LogP contribution in [0.4, 0.5) is 5.69 Å². The zero-order valence-corrected chi connectivity index (χ0v) is 25.3. The number of carbonyl (C=O) groups is 2. The van der Waals surface area contributed by atoms with Gasteiger partial charge in [-0.25, -0.2) is 8.42 Å². The molecule has 0 unspecified atom stereocenters. The minimum atomic E-state index is -4.18. The number of halogens is 2. The molecule has 3 aromatic carbocycles. The standard InChI is InChI=1S/C31H35Cl2N3O4S/c1-2-29(31(38)34-24-14-8-4-9-15-24)35(21-23-12-6-3-7-13-23)30(37)22-36(25-18-19-27(32)28(33)20-25)41(39,40)26-16-10-5-11-17-26/h3,5-7,10-13,16-20,24,29H,2,4,8-9,14-15,21-22H2,1H3,(H,34,38)/t29-/m1/s1. The minimum Gasteiger partial charge on any atom is -0.352 e. The van der Waals surface area contributed by atoms with Gasteiger partial charge < -0.3 is 10.2 Å². The van der Waals surface area contributed by atoms with E-state index in [0.717, 1.165) is 42.0 Å². The monoisotopic (exact) mass is 615 g/mol. The highest BCUT2D eigenvalue weighted by molar-refractivity contribution is 7.92. The van der Waals surface area contributed by atoms with Crippen molar-refractivity contribution in [2.75, 3.05) is 10.8 Å². The molecule has 1 N–H and O–H groups in total. The Morgan fingerprint density at radius 3 is 2.15 bits per heavy atom. The molecule has 0 spiro atoms. The summed E-state index contributed by atoms with van der Waals surface area (Å²) in [6.07, 6.45) is 5.47. The van der Waals surface area contributed by atoms with Crippen LogP contribution >= 0.6 is 23.2 Å². The number of hydrogen-bond acceptors (Lipinski definition) is 4. The lowest BCUT2D eigenvalue weighted by Gasteiger charge is -2.34. The smallest absolute Gasteiger partial charge is 0.264 e. The normalized spacial score (nSPS) is 14.7. The molecule has 10 heteroatoms. The minimum absolute atomic E-state index is 0.0237. The molecule has 1 atom stereocenters. The van der Waals surface area contributed by atoms with Crippen molar-refractivity contribution >= 4 is 50.7 Å². The van der Waals surface area contributed by atoms with Gasteiger partial charge in [0, 0.05) is 12.6 Å². The van der Waals surface area contributed by atoms with Crippen LogP contribution in [0.15, 0.2) is 83.8 Å². The first-order valence-electron chi connectivity index (χ1n) is 13.9. The van der Waals surface area contributed by atoms with Gasteiger partial charge in [0.15, 0.2) is 0 Å². The molecule has 0 heterocycles. The van der Waals surface area contributed by atoms with E-state index in [1.54, 1.807) is 18.2 Å². The molecule has 7 nitrogen and oxygen atoms in total. The van der Waals surface area contributed by atoms with E-state index in [-0.39, 0.29) is 39.1 Å². The predicted molar refractivity (Wildman–Crippen MR) is 164 cm³/mol. The van der Waals surface area contributed by atoms with Gasteiger partial charge in [-0.15, -0.1) is 0 Å². The number of rotatable bonds is 11. The van der Waals surface area contributed by atoms with Crippen molar-refractivity contribution in [2.24, 2.45) is 0 Å². The average Bonchev–Trinajstić information content (AvgIpc) is 2.98. The number of hydrogen-bond donors (Lipinski definition) is 1. The predicted octanol–water partition coefficient (Wildman–Crippen LogP) is 6.45. The van der Waals surface area contributed by atoms with E-state index >= 15 is 0 Å². The maximum absolute atomic E-state index is 14.1. The third kappa shape index (κ3) is 7.82. The second kappa shape index (κ2) is 14.2. The Morgan fingerprint density at radius 2 is 1.54 bits per heavy atom. The van der Waals surface area contributed by atoms with Gasteiger partial charge in [0.2, 0.25) is 11.8 Å². The lowest BCUT2D eigenvalue weighted by atomic mass is 9.95. The Kier molecular flexibility index (Phi) is 10.7. The Balaban J connectivity index is 1.70. The molecule has 218 valence electrons. The largest absolute Gasteiger partial charge is 0.352 e. The van der Waals surface area contributed by atoms with Crippen molar-refractivity contribution in [3.05, 3.63) is 94.5 Å². The molecule has 3 aromatic rings. The Bertz CT molecular complexity index is 1430. The van der Waals surface area contributed by atoms with Gasteiger partial charge in [0.1, 0.15) is 12.6 Å². The maximum Gasteiger partial charge on any atom is 0.264 e. The van der Waals surface area contributed by atoms with Gasteiger partial charge >= 0.3 is 0 Å². The highest BCUT2D eigenvalue weighted by Gasteiger charge is 2.34. The van der Waals surface area contributed by atoms with E-state index in [9.17, 15) is 18.0 Å². The van der Waals surface area contributed by atoms with Gasteiger partial charge in [-0.1, -0.05) is 97.9 Å². The van der Waals surface area contributed by atoms with Crippen LogP contribution in [0.5, 0.6) is 0 Å². The summed E-state index contributed by atoms with van der Waals surface area (Å²) < 4.78 is 28.8. The fraction of sp³-hybridized carbons (Fsp3) is 0.355. The van der Waals surface area contributed by atoms with Gasteiger partial charge in [0.05, 0.1) is 20.6 Å². The van der Waals surface area contributed by atoms with Crippen molar-refractivity contribution in [3.8, 4) is 0 Å². The number of sulfonamides is 1. The van der Waals surface area contributed by atoms with Crippen LogP contribution < -0.4 is 9.62 Å². The van der Waals surface area contributed by atoms with E-state index in [4.69, 9.17) is 23.2 Å². The zero-order chi connectivity index (χ0) is 29.4. The Hall–Kier alpha value is -3.07. The second-order valence-electron chi connectivity index (χ2n) is 10.2. The topological polar surface area (TPSA) is 86.8 Å². The summed E-state index contributed by atoms with van der Waals surface area (Å²) in [5, 5.41) is 3.56. The molecule has 1 saturated carbocycles. The van der Waals surface area contributed by atoms with Crippen LogP contribution in [0.1, 0.15) is 51.0 Å². The number of nitrogens with zero attached hydrogens (tertiary/aromatic N) is 2. The summed E-state index contributed by atoms with van der Waals surface area (Å²) in [6.45, 7) is 1.47. The van der Waals surface area contributed by atoms with Gasteiger partial charge in [0.25, 0.3) is 10.0 Å². The summed E-state index contributed by atoms with van der Waals surface area (Å²) >= 11 is 12.4. The SMILES string of the molecule is CC[C@H](C(=O)NC1CCCCC1)N(Cc1ccccc1)C(=O)CN(c1ccc(Cl)c(Cl)c1)S(=O)(=O)c1ccccc1. The zero-order valence-electron chi connectivity index (χ0n) is 23.0. The maximum atomic E-state index is 14.1. The van der Waals surface area contributed by atoms with Gasteiger partial charge in [-0.2, -0.15) is 0 Å². The molecule has 4 rings (SSSR count). The molecule has 0 aromatic heterocycles. The Labute approximate surface area is 252 Å². The van der Waals surface area contributed by atoms with Crippen LogP contribution in [0.3, 0.4) is 0 Å². The van der Waals surface area contributed by atoms with Crippen LogP contribution in [0.25, 0.3) is 0 Å². The van der Waals surface area contributed by atoms with E-state index in [1.165, 1.54) is 35.2 Å². The third-order valence-corrected chi connectivity index (χ3v) is 9.86. The molecule has 0 bridgehead atoms. The lowest BCUT2D eigenvalue weighted by Crippen LogP contribution is -2.54. The van der Waals surface area contributed by atoms with E-state index in [0.29, 0.717) is 6.42 Å².